The summed E-state index contributed by atoms with van der Waals surface area (Å²) in [6.07, 6.45) is 1.52. The van der Waals surface area contributed by atoms with Gasteiger partial charge in [0.2, 0.25) is 0 Å². The Hall–Kier alpha value is -1.07. The first-order valence-corrected chi connectivity index (χ1v) is 8.42. The van der Waals surface area contributed by atoms with Gasteiger partial charge in [0.1, 0.15) is 0 Å². The summed E-state index contributed by atoms with van der Waals surface area (Å²) in [7, 11) is -1.04. The summed E-state index contributed by atoms with van der Waals surface area (Å²) in [5, 5.41) is 0. The highest BCUT2D eigenvalue weighted by Gasteiger charge is 2.41. The Balaban J connectivity index is 2.33. The van der Waals surface area contributed by atoms with Crippen molar-refractivity contribution in [3.05, 3.63) is 29.8 Å². The lowest BCUT2D eigenvalue weighted by Gasteiger charge is -2.44. The maximum Gasteiger partial charge on any atom is 0.152 e. The highest BCUT2D eigenvalue weighted by atomic mass is 32.2. The fraction of sp³-hybridized carbons (Fsp3) is 0.571. The summed E-state index contributed by atoms with van der Waals surface area (Å²) in [5.41, 5.74) is 7.67. The van der Waals surface area contributed by atoms with Gasteiger partial charge in [0.15, 0.2) is 9.84 Å². The first kappa shape index (κ1) is 14.3. The second-order valence-electron chi connectivity index (χ2n) is 5.52. The van der Waals surface area contributed by atoms with Gasteiger partial charge in [-0.1, -0.05) is 17.7 Å². The van der Waals surface area contributed by atoms with E-state index in [1.807, 2.05) is 43.1 Å². The summed E-state index contributed by atoms with van der Waals surface area (Å²) in [6, 6.07) is 8.11. The first-order chi connectivity index (χ1) is 8.88. The van der Waals surface area contributed by atoms with Crippen LogP contribution in [0.1, 0.15) is 18.4 Å². The SMILES string of the molecule is Cc1ccc(N(C)C2(CN)CCCS(=O)(=O)C2)cc1. The van der Waals surface area contributed by atoms with E-state index in [0.717, 1.165) is 12.1 Å². The van der Waals surface area contributed by atoms with Crippen LogP contribution in [-0.4, -0.2) is 39.1 Å². The van der Waals surface area contributed by atoms with Crippen molar-refractivity contribution in [2.75, 3.05) is 30.0 Å². The van der Waals surface area contributed by atoms with E-state index in [9.17, 15) is 8.42 Å². The minimum absolute atomic E-state index is 0.154. The number of rotatable bonds is 3. The number of nitrogens with zero attached hydrogens (tertiary/aromatic N) is 1. The molecule has 1 aromatic rings. The van der Waals surface area contributed by atoms with Gasteiger partial charge in [-0.25, -0.2) is 8.42 Å². The predicted molar refractivity (Wildman–Crippen MR) is 79.3 cm³/mol. The van der Waals surface area contributed by atoms with E-state index < -0.39 is 15.4 Å². The first-order valence-electron chi connectivity index (χ1n) is 6.60. The zero-order valence-electron chi connectivity index (χ0n) is 11.6. The van der Waals surface area contributed by atoms with Gasteiger partial charge in [0.05, 0.1) is 17.0 Å². The Morgan fingerprint density at radius 3 is 2.47 bits per heavy atom. The molecule has 2 N–H and O–H groups in total. The second kappa shape index (κ2) is 5.13. The zero-order chi connectivity index (χ0) is 14.1. The van der Waals surface area contributed by atoms with E-state index in [1.165, 1.54) is 5.56 Å². The molecule has 1 aliphatic heterocycles. The minimum Gasteiger partial charge on any atom is -0.367 e. The minimum atomic E-state index is -2.99. The number of hydrogen-bond donors (Lipinski definition) is 1. The van der Waals surface area contributed by atoms with Crippen molar-refractivity contribution in [1.29, 1.82) is 0 Å². The lowest BCUT2D eigenvalue weighted by Crippen LogP contribution is -2.59. The predicted octanol–water partition coefficient (Wildman–Crippen LogP) is 1.34. The molecule has 1 aromatic carbocycles. The number of aryl methyl sites for hydroxylation is 1. The molecule has 1 fully saturated rings. The van der Waals surface area contributed by atoms with Crippen molar-refractivity contribution in [2.24, 2.45) is 5.73 Å². The summed E-state index contributed by atoms with van der Waals surface area (Å²) in [5.74, 6) is 0.442. The van der Waals surface area contributed by atoms with Crippen LogP contribution in [0.3, 0.4) is 0 Å². The molecular weight excluding hydrogens is 260 g/mol. The lowest BCUT2D eigenvalue weighted by atomic mass is 9.93. The molecule has 4 nitrogen and oxygen atoms in total. The third kappa shape index (κ3) is 2.92. The van der Waals surface area contributed by atoms with Crippen LogP contribution in [0.4, 0.5) is 5.69 Å². The molecule has 0 aliphatic carbocycles. The molecule has 106 valence electrons. The Morgan fingerprint density at radius 2 is 1.95 bits per heavy atom. The highest BCUT2D eigenvalue weighted by molar-refractivity contribution is 7.91. The Bertz CT molecular complexity index is 539. The standard InChI is InChI=1S/C14H22N2O2S/c1-12-4-6-13(7-5-12)16(2)14(10-15)8-3-9-19(17,18)11-14/h4-7H,3,8-11,15H2,1-2H3. The fourth-order valence-electron chi connectivity index (χ4n) is 2.78. The molecule has 1 atom stereocenters. The van der Waals surface area contributed by atoms with Gasteiger partial charge >= 0.3 is 0 Å². The summed E-state index contributed by atoms with van der Waals surface area (Å²) in [6.45, 7) is 2.39. The van der Waals surface area contributed by atoms with Crippen LogP contribution in [0, 0.1) is 6.92 Å². The Kier molecular flexibility index (Phi) is 3.87. The third-order valence-corrected chi connectivity index (χ3v) is 5.99. The van der Waals surface area contributed by atoms with Gasteiger partial charge < -0.3 is 10.6 Å². The van der Waals surface area contributed by atoms with Crippen molar-refractivity contribution < 1.29 is 8.42 Å². The lowest BCUT2D eigenvalue weighted by molar-refractivity contribution is 0.398. The number of sulfone groups is 1. The van der Waals surface area contributed by atoms with Gasteiger partial charge in [-0.15, -0.1) is 0 Å². The highest BCUT2D eigenvalue weighted by Crippen LogP contribution is 2.31. The van der Waals surface area contributed by atoms with Crippen LogP contribution in [0.5, 0.6) is 0 Å². The molecule has 2 rings (SSSR count). The van der Waals surface area contributed by atoms with Crippen LogP contribution < -0.4 is 10.6 Å². The van der Waals surface area contributed by atoms with Gasteiger partial charge in [-0.05, 0) is 31.9 Å². The molecule has 0 aromatic heterocycles. The van der Waals surface area contributed by atoms with Gasteiger partial charge in [-0.3, -0.25) is 0 Å². The average molecular weight is 282 g/mol. The van der Waals surface area contributed by atoms with E-state index >= 15 is 0 Å². The molecule has 1 unspecified atom stereocenters. The van der Waals surface area contributed by atoms with Gasteiger partial charge in [-0.2, -0.15) is 0 Å². The second-order valence-corrected chi connectivity index (χ2v) is 7.70. The van der Waals surface area contributed by atoms with Crippen LogP contribution in [0.2, 0.25) is 0 Å². The molecule has 0 saturated carbocycles. The van der Waals surface area contributed by atoms with Crippen molar-refractivity contribution in [1.82, 2.24) is 0 Å². The van der Waals surface area contributed by atoms with Crippen LogP contribution in [0.15, 0.2) is 24.3 Å². The molecule has 1 aliphatic rings. The molecule has 5 heteroatoms. The molecule has 0 radical (unpaired) electrons. The van der Waals surface area contributed by atoms with Crippen LogP contribution in [-0.2, 0) is 9.84 Å². The maximum absolute atomic E-state index is 11.9. The van der Waals surface area contributed by atoms with Gasteiger partial charge in [0.25, 0.3) is 0 Å². The molecule has 0 bridgehead atoms. The van der Waals surface area contributed by atoms with Crippen LogP contribution >= 0.6 is 0 Å². The Labute approximate surface area is 115 Å². The van der Waals surface area contributed by atoms with Crippen molar-refractivity contribution in [3.8, 4) is 0 Å². The molecular formula is C14H22N2O2S. The number of anilines is 1. The van der Waals surface area contributed by atoms with E-state index in [4.69, 9.17) is 5.73 Å². The van der Waals surface area contributed by atoms with Crippen molar-refractivity contribution in [2.45, 2.75) is 25.3 Å². The maximum atomic E-state index is 11.9. The average Bonchev–Trinajstić information content (AvgIpc) is 2.37. The molecule has 1 heterocycles. The summed E-state index contributed by atoms with van der Waals surface area (Å²) < 4.78 is 23.9. The summed E-state index contributed by atoms with van der Waals surface area (Å²) >= 11 is 0. The third-order valence-electron chi connectivity index (χ3n) is 4.10. The van der Waals surface area contributed by atoms with E-state index in [0.29, 0.717) is 13.0 Å². The molecule has 1 saturated heterocycles. The normalized spacial score (nSPS) is 26.1. The van der Waals surface area contributed by atoms with Crippen molar-refractivity contribution >= 4 is 15.5 Å². The van der Waals surface area contributed by atoms with Crippen molar-refractivity contribution in [3.63, 3.8) is 0 Å². The monoisotopic (exact) mass is 282 g/mol. The van der Waals surface area contributed by atoms with E-state index in [-0.39, 0.29) is 11.5 Å². The molecule has 19 heavy (non-hydrogen) atoms. The number of likely N-dealkylation sites (N-methyl/N-ethyl adjacent to an activating group) is 1. The molecule has 0 spiro atoms. The van der Waals surface area contributed by atoms with Gasteiger partial charge in [0, 0.05) is 19.3 Å². The number of benzene rings is 1. The summed E-state index contributed by atoms with van der Waals surface area (Å²) in [4.78, 5) is 2.04. The smallest absolute Gasteiger partial charge is 0.152 e. The van der Waals surface area contributed by atoms with Crippen LogP contribution in [0.25, 0.3) is 0 Å². The molecule has 0 amide bonds. The van der Waals surface area contributed by atoms with E-state index in [2.05, 4.69) is 0 Å². The fourth-order valence-corrected chi connectivity index (χ4v) is 4.78. The zero-order valence-corrected chi connectivity index (χ0v) is 12.4. The van der Waals surface area contributed by atoms with E-state index in [1.54, 1.807) is 0 Å². The quantitative estimate of drug-likeness (QED) is 0.908. The largest absolute Gasteiger partial charge is 0.367 e. The number of hydrogen-bond acceptors (Lipinski definition) is 4. The Morgan fingerprint density at radius 1 is 1.32 bits per heavy atom. The number of nitrogens with two attached hydrogens (primary N) is 1. The topological polar surface area (TPSA) is 63.4 Å².